The molecule has 1 atom stereocenters. The average molecular weight is 464 g/mol. The Morgan fingerprint density at radius 3 is 2.47 bits per heavy atom. The highest BCUT2D eigenvalue weighted by molar-refractivity contribution is 7.89. The molecule has 0 saturated carbocycles. The molecular weight excluding hydrogens is 430 g/mol. The van der Waals surface area contributed by atoms with Crippen molar-refractivity contribution in [2.24, 2.45) is 0 Å². The molecule has 3 saturated heterocycles. The van der Waals surface area contributed by atoms with Crippen molar-refractivity contribution >= 4 is 15.9 Å². The number of rotatable bonds is 5. The van der Waals surface area contributed by atoms with E-state index in [0.717, 1.165) is 50.6 Å². The normalized spacial score (nSPS) is 25.9. The van der Waals surface area contributed by atoms with Gasteiger partial charge in [-0.05, 0) is 61.9 Å². The number of amides is 1. The van der Waals surface area contributed by atoms with Crippen molar-refractivity contribution in [3.05, 3.63) is 29.3 Å². The standard InChI is InChI=1S/C23H33N3O5S/c27-22(17-25-9-2-1-6-21(25)23-30-14-15-31-23)24-10-12-26(13-11-24)32(28,29)20-8-7-18-4-3-5-19(18)16-20/h7-8,16,21,23H,1-6,9-15,17H2. The second-order valence-electron chi connectivity index (χ2n) is 9.21. The number of hydrogen-bond acceptors (Lipinski definition) is 6. The van der Waals surface area contributed by atoms with Gasteiger partial charge in [0.05, 0.1) is 30.7 Å². The fraction of sp³-hybridized carbons (Fsp3) is 0.696. The molecule has 3 fully saturated rings. The Hall–Kier alpha value is -1.52. The fourth-order valence-electron chi connectivity index (χ4n) is 5.43. The van der Waals surface area contributed by atoms with Crippen molar-refractivity contribution < 1.29 is 22.7 Å². The van der Waals surface area contributed by atoms with Crippen LogP contribution in [0.2, 0.25) is 0 Å². The molecular formula is C23H33N3O5S. The Morgan fingerprint density at radius 2 is 1.69 bits per heavy atom. The number of aryl methyl sites for hydroxylation is 2. The third-order valence-corrected chi connectivity index (χ3v) is 9.16. The molecule has 0 spiro atoms. The summed E-state index contributed by atoms with van der Waals surface area (Å²) in [5.74, 6) is 0.0597. The van der Waals surface area contributed by atoms with E-state index in [2.05, 4.69) is 4.90 Å². The molecule has 0 N–H and O–H groups in total. The lowest BCUT2D eigenvalue weighted by atomic mass is 10.0. The molecule has 176 valence electrons. The minimum absolute atomic E-state index is 0.0597. The van der Waals surface area contributed by atoms with Crippen LogP contribution in [-0.4, -0.2) is 93.2 Å². The maximum Gasteiger partial charge on any atom is 0.243 e. The van der Waals surface area contributed by atoms with Gasteiger partial charge in [-0.3, -0.25) is 9.69 Å². The Bertz CT molecular complexity index is 939. The third-order valence-electron chi connectivity index (χ3n) is 7.26. The SMILES string of the molecule is O=C(CN1CCCCC1C1OCCO1)N1CCN(S(=O)(=O)c2ccc3c(c2)CCC3)CC1. The molecule has 4 aliphatic rings. The minimum atomic E-state index is -3.53. The van der Waals surface area contributed by atoms with Gasteiger partial charge in [0, 0.05) is 26.2 Å². The second-order valence-corrected chi connectivity index (χ2v) is 11.2. The van der Waals surface area contributed by atoms with Crippen molar-refractivity contribution in [2.75, 3.05) is 52.5 Å². The Morgan fingerprint density at radius 1 is 0.938 bits per heavy atom. The van der Waals surface area contributed by atoms with Gasteiger partial charge in [-0.15, -0.1) is 0 Å². The van der Waals surface area contributed by atoms with Crippen LogP contribution in [0.4, 0.5) is 0 Å². The zero-order chi connectivity index (χ0) is 22.1. The summed E-state index contributed by atoms with van der Waals surface area (Å²) in [7, 11) is -3.53. The van der Waals surface area contributed by atoms with Crippen LogP contribution in [0.5, 0.6) is 0 Å². The summed E-state index contributed by atoms with van der Waals surface area (Å²) < 4.78 is 39.3. The number of ether oxygens (including phenoxy) is 2. The Balaban J connectivity index is 1.18. The number of likely N-dealkylation sites (tertiary alicyclic amines) is 1. The van der Waals surface area contributed by atoms with E-state index in [-0.39, 0.29) is 18.2 Å². The lowest BCUT2D eigenvalue weighted by Gasteiger charge is -2.39. The number of carbonyl (C=O) groups is 1. The van der Waals surface area contributed by atoms with Crippen molar-refractivity contribution in [2.45, 2.75) is 55.8 Å². The van der Waals surface area contributed by atoms with E-state index in [9.17, 15) is 13.2 Å². The Kier molecular flexibility index (Phi) is 6.53. The molecule has 5 rings (SSSR count). The molecule has 8 nitrogen and oxygen atoms in total. The first-order valence-corrected chi connectivity index (χ1v) is 13.3. The molecule has 9 heteroatoms. The molecule has 32 heavy (non-hydrogen) atoms. The molecule has 0 aromatic heterocycles. The van der Waals surface area contributed by atoms with E-state index < -0.39 is 10.0 Å². The van der Waals surface area contributed by atoms with Crippen LogP contribution in [0.15, 0.2) is 23.1 Å². The maximum absolute atomic E-state index is 13.2. The van der Waals surface area contributed by atoms with E-state index in [1.807, 2.05) is 12.1 Å². The van der Waals surface area contributed by atoms with Gasteiger partial charge in [0.1, 0.15) is 0 Å². The smallest absolute Gasteiger partial charge is 0.243 e. The van der Waals surface area contributed by atoms with Crippen LogP contribution < -0.4 is 0 Å². The fourth-order valence-corrected chi connectivity index (χ4v) is 6.90. The van der Waals surface area contributed by atoms with Crippen molar-refractivity contribution in [3.8, 4) is 0 Å². The van der Waals surface area contributed by atoms with Gasteiger partial charge in [-0.2, -0.15) is 4.31 Å². The van der Waals surface area contributed by atoms with Gasteiger partial charge in [0.15, 0.2) is 6.29 Å². The van der Waals surface area contributed by atoms with E-state index in [1.165, 1.54) is 9.87 Å². The number of hydrogen-bond donors (Lipinski definition) is 0. The van der Waals surface area contributed by atoms with E-state index in [4.69, 9.17) is 9.47 Å². The van der Waals surface area contributed by atoms with Crippen LogP contribution in [0.1, 0.15) is 36.8 Å². The highest BCUT2D eigenvalue weighted by atomic mass is 32.2. The lowest BCUT2D eigenvalue weighted by molar-refractivity contribution is -0.140. The maximum atomic E-state index is 13.2. The third kappa shape index (κ3) is 4.46. The largest absolute Gasteiger partial charge is 0.349 e. The number of piperazine rings is 1. The summed E-state index contributed by atoms with van der Waals surface area (Å²) in [6.45, 7) is 3.97. The minimum Gasteiger partial charge on any atom is -0.349 e. The summed E-state index contributed by atoms with van der Waals surface area (Å²) in [4.78, 5) is 17.4. The molecule has 1 aromatic carbocycles. The van der Waals surface area contributed by atoms with E-state index in [1.54, 1.807) is 11.0 Å². The first kappa shape index (κ1) is 22.3. The number of sulfonamides is 1. The predicted molar refractivity (Wildman–Crippen MR) is 119 cm³/mol. The van der Waals surface area contributed by atoms with Crippen LogP contribution in [-0.2, 0) is 37.1 Å². The monoisotopic (exact) mass is 463 g/mol. The highest BCUT2D eigenvalue weighted by Gasteiger charge is 2.36. The quantitative estimate of drug-likeness (QED) is 0.654. The van der Waals surface area contributed by atoms with Crippen molar-refractivity contribution in [1.29, 1.82) is 0 Å². The van der Waals surface area contributed by atoms with Gasteiger partial charge in [-0.1, -0.05) is 12.5 Å². The zero-order valence-corrected chi connectivity index (χ0v) is 19.4. The van der Waals surface area contributed by atoms with Gasteiger partial charge in [0.25, 0.3) is 0 Å². The first-order chi connectivity index (χ1) is 15.5. The predicted octanol–water partition coefficient (Wildman–Crippen LogP) is 1.24. The molecule has 0 radical (unpaired) electrons. The van der Waals surface area contributed by atoms with E-state index in [0.29, 0.717) is 50.8 Å². The number of carbonyl (C=O) groups excluding carboxylic acids is 1. The Labute approximate surface area is 190 Å². The van der Waals surface area contributed by atoms with Crippen LogP contribution >= 0.6 is 0 Å². The average Bonchev–Trinajstić information content (AvgIpc) is 3.51. The summed E-state index contributed by atoms with van der Waals surface area (Å²) in [5, 5.41) is 0. The molecule has 1 amide bonds. The summed E-state index contributed by atoms with van der Waals surface area (Å²) >= 11 is 0. The second kappa shape index (κ2) is 9.38. The lowest BCUT2D eigenvalue weighted by Crippen LogP contribution is -2.55. The number of piperidine rings is 1. The van der Waals surface area contributed by atoms with Gasteiger partial charge in [0.2, 0.25) is 15.9 Å². The van der Waals surface area contributed by atoms with Gasteiger partial charge < -0.3 is 14.4 Å². The molecule has 1 unspecified atom stereocenters. The van der Waals surface area contributed by atoms with Crippen molar-refractivity contribution in [3.63, 3.8) is 0 Å². The van der Waals surface area contributed by atoms with Gasteiger partial charge in [-0.25, -0.2) is 8.42 Å². The number of nitrogens with zero attached hydrogens (tertiary/aromatic N) is 3. The van der Waals surface area contributed by atoms with Crippen molar-refractivity contribution in [1.82, 2.24) is 14.1 Å². The number of benzene rings is 1. The van der Waals surface area contributed by atoms with Crippen LogP contribution in [0.25, 0.3) is 0 Å². The van der Waals surface area contributed by atoms with Crippen LogP contribution in [0, 0.1) is 0 Å². The molecule has 3 aliphatic heterocycles. The summed E-state index contributed by atoms with van der Waals surface area (Å²) in [6.07, 6.45) is 6.02. The van der Waals surface area contributed by atoms with Crippen LogP contribution in [0.3, 0.4) is 0 Å². The first-order valence-electron chi connectivity index (χ1n) is 11.9. The zero-order valence-electron chi connectivity index (χ0n) is 18.6. The molecule has 3 heterocycles. The summed E-state index contributed by atoms with van der Waals surface area (Å²) in [6, 6.07) is 5.66. The van der Waals surface area contributed by atoms with E-state index >= 15 is 0 Å². The highest BCUT2D eigenvalue weighted by Crippen LogP contribution is 2.27. The molecule has 1 aliphatic carbocycles. The topological polar surface area (TPSA) is 79.4 Å². The molecule has 1 aromatic rings. The summed E-state index contributed by atoms with van der Waals surface area (Å²) in [5.41, 5.74) is 2.43. The number of fused-ring (bicyclic) bond motifs is 1. The molecule has 0 bridgehead atoms. The van der Waals surface area contributed by atoms with Gasteiger partial charge >= 0.3 is 0 Å².